The Morgan fingerprint density at radius 2 is 2.07 bits per heavy atom. The first-order valence-electron chi connectivity index (χ1n) is 7.55. The normalized spacial score (nSPS) is 10.7. The minimum atomic E-state index is -0.567. The van der Waals surface area contributed by atoms with Crippen LogP contribution in [0.5, 0.6) is 0 Å². The molecule has 0 fully saturated rings. The van der Waals surface area contributed by atoms with E-state index >= 15 is 0 Å². The van der Waals surface area contributed by atoms with Crippen molar-refractivity contribution in [3.63, 3.8) is 0 Å². The average molecular weight is 408 g/mol. The molecule has 0 radical (unpaired) electrons. The molecule has 0 saturated carbocycles. The number of halogens is 2. The molecule has 9 nitrogen and oxygen atoms in total. The summed E-state index contributed by atoms with van der Waals surface area (Å²) in [6.07, 6.45) is 5.34. The number of benzene rings is 1. The van der Waals surface area contributed by atoms with E-state index in [2.05, 4.69) is 15.3 Å². The predicted molar refractivity (Wildman–Crippen MR) is 95.6 cm³/mol. The minimum Gasteiger partial charge on any atom is -1.00 e. The van der Waals surface area contributed by atoms with Gasteiger partial charge >= 0.3 is 0 Å². The maximum absolute atomic E-state index is 11.1. The lowest BCUT2D eigenvalue weighted by Gasteiger charge is -2.03. The van der Waals surface area contributed by atoms with Crippen LogP contribution < -0.4 is 22.7 Å². The smallest absolute Gasteiger partial charge is 0.298 e. The molecule has 2 heterocycles. The molecule has 0 aliphatic rings. The molecule has 0 unspecified atom stereocenters. The summed E-state index contributed by atoms with van der Waals surface area (Å²) in [5, 5.41) is 23.5. The van der Waals surface area contributed by atoms with Gasteiger partial charge in [-0.2, -0.15) is 5.10 Å². The van der Waals surface area contributed by atoms with Crippen molar-refractivity contribution in [2.75, 3.05) is 5.73 Å². The fourth-order valence-corrected chi connectivity index (χ4v) is 2.51. The molecule has 3 rings (SSSR count). The second-order valence-electron chi connectivity index (χ2n) is 5.54. The van der Waals surface area contributed by atoms with Crippen LogP contribution in [0.2, 0.25) is 5.02 Å². The van der Waals surface area contributed by atoms with Crippen molar-refractivity contribution in [3.05, 3.63) is 69.6 Å². The minimum absolute atomic E-state index is 0. The lowest BCUT2D eigenvalue weighted by atomic mass is 10.3. The second-order valence-corrected chi connectivity index (χ2v) is 5.98. The number of nitrogens with zero attached hydrogens (tertiary/aromatic N) is 6. The van der Waals surface area contributed by atoms with Crippen LogP contribution in [-0.2, 0) is 13.6 Å². The Balaban J connectivity index is 0.00000261. The van der Waals surface area contributed by atoms with Gasteiger partial charge in [-0.3, -0.25) is 10.1 Å². The van der Waals surface area contributed by atoms with Crippen LogP contribution in [0.1, 0.15) is 5.56 Å². The molecule has 3 aromatic rings. The topological polar surface area (TPSA) is 116 Å². The van der Waals surface area contributed by atoms with Gasteiger partial charge in [0.15, 0.2) is 18.1 Å². The maximum atomic E-state index is 11.1. The van der Waals surface area contributed by atoms with Gasteiger partial charge in [-0.05, 0) is 18.2 Å². The predicted octanol–water partition coefficient (Wildman–Crippen LogP) is 0.319. The summed E-state index contributed by atoms with van der Waals surface area (Å²) in [5.41, 5.74) is 7.26. The van der Waals surface area contributed by atoms with Crippen LogP contribution in [0.4, 0.5) is 22.9 Å². The van der Waals surface area contributed by atoms with Crippen molar-refractivity contribution in [1.82, 2.24) is 9.78 Å². The van der Waals surface area contributed by atoms with Crippen molar-refractivity contribution in [2.45, 2.75) is 6.54 Å². The highest BCUT2D eigenvalue weighted by atomic mass is 35.5. The van der Waals surface area contributed by atoms with Crippen LogP contribution in [0.3, 0.4) is 0 Å². The molecule has 0 atom stereocenters. The van der Waals surface area contributed by atoms with E-state index in [0.29, 0.717) is 18.1 Å². The number of nitro groups is 1. The van der Waals surface area contributed by atoms with Gasteiger partial charge in [0, 0.05) is 22.7 Å². The van der Waals surface area contributed by atoms with Crippen molar-refractivity contribution in [3.8, 4) is 0 Å². The number of pyridine rings is 1. The standard InChI is InChI=1S/C16H15ClN7O2.ClH/c1-22-6-2-3-11(9-22)10-23-16(18)14(8-19-23)21-20-13-5-4-12(17)7-15(13)24(25)26;/h2-9H,10,18H2,1H3;1H/q+1;/p-1. The zero-order valence-electron chi connectivity index (χ0n) is 14.2. The summed E-state index contributed by atoms with van der Waals surface area (Å²) in [4.78, 5) is 10.5. The third-order valence-electron chi connectivity index (χ3n) is 3.59. The first kappa shape index (κ1) is 20.3. The third-order valence-corrected chi connectivity index (χ3v) is 3.83. The van der Waals surface area contributed by atoms with Crippen molar-refractivity contribution < 1.29 is 21.9 Å². The zero-order chi connectivity index (χ0) is 18.7. The Kier molecular flexibility index (Phi) is 6.43. The van der Waals surface area contributed by atoms with Crippen LogP contribution in [0.25, 0.3) is 0 Å². The Morgan fingerprint density at radius 3 is 2.78 bits per heavy atom. The summed E-state index contributed by atoms with van der Waals surface area (Å²) in [6, 6.07) is 8.03. The molecule has 0 aliphatic carbocycles. The third kappa shape index (κ3) is 4.78. The quantitative estimate of drug-likeness (QED) is 0.283. The summed E-state index contributed by atoms with van der Waals surface area (Å²) in [5.74, 6) is 0.317. The number of anilines is 1. The molecule has 0 amide bonds. The first-order valence-corrected chi connectivity index (χ1v) is 7.93. The van der Waals surface area contributed by atoms with Crippen LogP contribution >= 0.6 is 11.6 Å². The van der Waals surface area contributed by atoms with Gasteiger partial charge < -0.3 is 18.1 Å². The maximum Gasteiger partial charge on any atom is 0.298 e. The second kappa shape index (κ2) is 8.56. The first-order chi connectivity index (χ1) is 12.4. The molecule has 11 heteroatoms. The number of nitrogens with two attached hydrogens (primary N) is 1. The number of hydrogen-bond donors (Lipinski definition) is 1. The molecular weight excluding hydrogens is 393 g/mol. The lowest BCUT2D eigenvalue weighted by molar-refractivity contribution is -0.671. The molecule has 27 heavy (non-hydrogen) atoms. The fourth-order valence-electron chi connectivity index (χ4n) is 2.34. The summed E-state index contributed by atoms with van der Waals surface area (Å²) in [7, 11) is 1.93. The number of nitrogen functional groups attached to an aromatic ring is 1. The Hall–Kier alpha value is -3.04. The van der Waals surface area contributed by atoms with Crippen LogP contribution in [0, 0.1) is 10.1 Å². The summed E-state index contributed by atoms with van der Waals surface area (Å²) >= 11 is 5.78. The molecular formula is C16H15Cl2N7O2. The molecule has 0 aliphatic heterocycles. The average Bonchev–Trinajstić information content (AvgIpc) is 2.94. The Bertz CT molecular complexity index is 1000. The van der Waals surface area contributed by atoms with Crippen molar-refractivity contribution >= 4 is 34.5 Å². The van der Waals surface area contributed by atoms with Gasteiger partial charge in [0.1, 0.15) is 18.6 Å². The molecule has 0 spiro atoms. The van der Waals surface area contributed by atoms with E-state index in [4.69, 9.17) is 17.3 Å². The van der Waals surface area contributed by atoms with Crippen molar-refractivity contribution in [2.24, 2.45) is 17.3 Å². The van der Waals surface area contributed by atoms with E-state index in [0.717, 1.165) is 5.56 Å². The van der Waals surface area contributed by atoms with Gasteiger partial charge in [-0.25, -0.2) is 9.25 Å². The van der Waals surface area contributed by atoms with Crippen LogP contribution in [0.15, 0.2) is 59.2 Å². The highest BCUT2D eigenvalue weighted by Gasteiger charge is 2.15. The van der Waals surface area contributed by atoms with Gasteiger partial charge in [-0.1, -0.05) is 11.6 Å². The zero-order valence-corrected chi connectivity index (χ0v) is 15.7. The van der Waals surface area contributed by atoms with E-state index in [1.807, 2.05) is 36.1 Å². The molecule has 0 bridgehead atoms. The molecule has 1 aromatic carbocycles. The highest BCUT2D eigenvalue weighted by Crippen LogP contribution is 2.32. The molecule has 2 aromatic heterocycles. The van der Waals surface area contributed by atoms with Gasteiger partial charge in [0.2, 0.25) is 0 Å². The van der Waals surface area contributed by atoms with Gasteiger partial charge in [0.25, 0.3) is 5.69 Å². The SMILES string of the molecule is C[n+]1cccc(Cn2ncc(N=Nc3ccc(Cl)cc3[N+](=O)[O-])c2N)c1.[Cl-]. The van der Waals surface area contributed by atoms with Crippen molar-refractivity contribution in [1.29, 1.82) is 0 Å². The highest BCUT2D eigenvalue weighted by molar-refractivity contribution is 6.30. The number of aromatic nitrogens is 3. The summed E-state index contributed by atoms with van der Waals surface area (Å²) in [6.45, 7) is 0.469. The number of azo groups is 1. The van der Waals surface area contributed by atoms with E-state index < -0.39 is 4.92 Å². The van der Waals surface area contributed by atoms with Crippen LogP contribution in [-0.4, -0.2) is 14.7 Å². The number of nitro benzene ring substituents is 1. The van der Waals surface area contributed by atoms with E-state index in [1.54, 1.807) is 4.68 Å². The van der Waals surface area contributed by atoms with E-state index in [-0.39, 0.29) is 28.8 Å². The monoisotopic (exact) mass is 407 g/mol. The van der Waals surface area contributed by atoms with Gasteiger partial charge in [-0.15, -0.1) is 10.2 Å². The lowest BCUT2D eigenvalue weighted by Crippen LogP contribution is -3.00. The Labute approximate surface area is 165 Å². The number of rotatable bonds is 5. The molecule has 0 saturated heterocycles. The Morgan fingerprint density at radius 1 is 1.33 bits per heavy atom. The fraction of sp³-hybridized carbons (Fsp3) is 0.125. The molecule has 140 valence electrons. The number of aryl methyl sites for hydroxylation is 1. The van der Waals surface area contributed by atoms with E-state index in [1.165, 1.54) is 24.4 Å². The summed E-state index contributed by atoms with van der Waals surface area (Å²) < 4.78 is 3.51. The van der Waals surface area contributed by atoms with E-state index in [9.17, 15) is 10.1 Å². The molecule has 2 N–H and O–H groups in total. The largest absolute Gasteiger partial charge is 1.00 e. The van der Waals surface area contributed by atoms with Gasteiger partial charge in [0.05, 0.1) is 17.7 Å². The number of hydrogen-bond acceptors (Lipinski definition) is 6.